The molecule has 7 nitrogen and oxygen atoms in total. The van der Waals surface area contributed by atoms with Gasteiger partial charge in [-0.25, -0.2) is 13.1 Å². The summed E-state index contributed by atoms with van der Waals surface area (Å²) in [5, 5.41) is 3.48. The van der Waals surface area contributed by atoms with Gasteiger partial charge in [0.1, 0.15) is 5.75 Å². The average Bonchev–Trinajstić information content (AvgIpc) is 2.69. The third-order valence-electron chi connectivity index (χ3n) is 6.25. The van der Waals surface area contributed by atoms with Crippen molar-refractivity contribution < 1.29 is 17.9 Å². The maximum absolute atomic E-state index is 12.7. The first-order valence-corrected chi connectivity index (χ1v) is 11.1. The predicted octanol–water partition coefficient (Wildman–Crippen LogP) is 0.963. The second-order valence-electron chi connectivity index (χ2n) is 7.77. The second kappa shape index (κ2) is 7.41. The zero-order chi connectivity index (χ0) is 19.0. The first-order valence-electron chi connectivity index (χ1n) is 9.65. The van der Waals surface area contributed by atoms with Gasteiger partial charge in [0.15, 0.2) is 0 Å². The van der Waals surface area contributed by atoms with E-state index in [4.69, 9.17) is 4.74 Å². The molecule has 8 heteroatoms. The van der Waals surface area contributed by atoms with Gasteiger partial charge in [0.2, 0.25) is 15.9 Å². The number of piperidine rings is 3. The SMILES string of the molecule is COc1ccc(S(=O)(=O)NC[C@H]2[C@@H]3CNC[C@@H](C3)[C@@H]3CCCC(=O)N32)cc1. The number of methoxy groups -OCH3 is 1. The van der Waals surface area contributed by atoms with Crippen molar-refractivity contribution in [3.63, 3.8) is 0 Å². The van der Waals surface area contributed by atoms with E-state index >= 15 is 0 Å². The smallest absolute Gasteiger partial charge is 0.240 e. The van der Waals surface area contributed by atoms with Crippen molar-refractivity contribution in [1.29, 1.82) is 0 Å². The van der Waals surface area contributed by atoms with Crippen molar-refractivity contribution in [1.82, 2.24) is 14.9 Å². The molecule has 4 rings (SSSR count). The van der Waals surface area contributed by atoms with Gasteiger partial charge < -0.3 is 15.0 Å². The molecule has 27 heavy (non-hydrogen) atoms. The van der Waals surface area contributed by atoms with Crippen molar-refractivity contribution in [2.45, 2.75) is 42.7 Å². The lowest BCUT2D eigenvalue weighted by molar-refractivity contribution is -0.148. The molecule has 3 aliphatic rings. The molecule has 3 fully saturated rings. The second-order valence-corrected chi connectivity index (χ2v) is 9.54. The van der Waals surface area contributed by atoms with Crippen LogP contribution in [0.1, 0.15) is 25.7 Å². The third kappa shape index (κ3) is 3.58. The van der Waals surface area contributed by atoms with E-state index in [9.17, 15) is 13.2 Å². The topological polar surface area (TPSA) is 87.7 Å². The van der Waals surface area contributed by atoms with E-state index in [0.29, 0.717) is 24.0 Å². The number of hydrogen-bond acceptors (Lipinski definition) is 5. The Morgan fingerprint density at radius 1 is 1.22 bits per heavy atom. The first-order chi connectivity index (χ1) is 13.0. The summed E-state index contributed by atoms with van der Waals surface area (Å²) in [5.74, 6) is 1.57. The van der Waals surface area contributed by atoms with Crippen LogP contribution in [0.15, 0.2) is 29.2 Å². The van der Waals surface area contributed by atoms with Crippen LogP contribution in [0.4, 0.5) is 0 Å². The van der Waals surface area contributed by atoms with Crippen LogP contribution in [0.3, 0.4) is 0 Å². The Kier molecular flexibility index (Phi) is 5.13. The molecule has 3 heterocycles. The van der Waals surface area contributed by atoms with Crippen LogP contribution in [0.5, 0.6) is 5.75 Å². The van der Waals surface area contributed by atoms with Crippen molar-refractivity contribution in [3.8, 4) is 5.75 Å². The Morgan fingerprint density at radius 2 is 1.96 bits per heavy atom. The number of amides is 1. The average molecular weight is 394 g/mol. The maximum Gasteiger partial charge on any atom is 0.240 e. The molecule has 0 saturated carbocycles. The van der Waals surface area contributed by atoms with Crippen LogP contribution < -0.4 is 14.8 Å². The summed E-state index contributed by atoms with van der Waals surface area (Å²) in [7, 11) is -2.09. The van der Waals surface area contributed by atoms with E-state index in [1.165, 1.54) is 12.1 Å². The van der Waals surface area contributed by atoms with Crippen LogP contribution in [0, 0.1) is 11.8 Å². The normalized spacial score (nSPS) is 30.7. The van der Waals surface area contributed by atoms with Crippen molar-refractivity contribution in [2.24, 2.45) is 11.8 Å². The van der Waals surface area contributed by atoms with Gasteiger partial charge in [-0.15, -0.1) is 0 Å². The standard InChI is InChI=1S/C19H27N3O4S/c1-26-15-5-7-16(8-6-15)27(24,25)21-12-18-14-9-13(10-20-11-14)17-3-2-4-19(23)22(17)18/h5-8,13-14,17-18,20-21H,2-4,9-12H2,1H3/t13-,14+,17+,18+/m1/s1. The number of sulfonamides is 1. The zero-order valence-electron chi connectivity index (χ0n) is 15.6. The van der Waals surface area contributed by atoms with Crippen LogP contribution in [0.25, 0.3) is 0 Å². The molecule has 3 saturated heterocycles. The van der Waals surface area contributed by atoms with Gasteiger partial charge in [-0.3, -0.25) is 4.79 Å². The number of nitrogens with one attached hydrogen (secondary N) is 2. The fourth-order valence-electron chi connectivity index (χ4n) is 4.93. The Bertz CT molecular complexity index is 796. The molecule has 2 bridgehead atoms. The Hall–Kier alpha value is -1.64. The van der Waals surface area contributed by atoms with Gasteiger partial charge in [0, 0.05) is 25.0 Å². The molecule has 0 radical (unpaired) electrons. The summed E-state index contributed by atoms with van der Waals surface area (Å²) >= 11 is 0. The summed E-state index contributed by atoms with van der Waals surface area (Å²) in [6.07, 6.45) is 3.60. The molecule has 0 aliphatic carbocycles. The summed E-state index contributed by atoms with van der Waals surface area (Å²) in [4.78, 5) is 14.9. The number of carbonyl (C=O) groups excluding carboxylic acids is 1. The molecule has 1 amide bonds. The molecule has 2 N–H and O–H groups in total. The number of rotatable bonds is 5. The van der Waals surface area contributed by atoms with E-state index in [1.807, 2.05) is 4.90 Å². The Labute approximate surface area is 160 Å². The van der Waals surface area contributed by atoms with E-state index in [-0.39, 0.29) is 29.4 Å². The summed E-state index contributed by atoms with van der Waals surface area (Å²) < 4.78 is 33.3. The highest BCUT2D eigenvalue weighted by Gasteiger charge is 2.47. The van der Waals surface area contributed by atoms with Crippen molar-refractivity contribution >= 4 is 15.9 Å². The minimum Gasteiger partial charge on any atom is -0.497 e. The van der Waals surface area contributed by atoms with Gasteiger partial charge in [-0.05, 0) is 68.5 Å². The number of fused-ring (bicyclic) bond motifs is 4. The summed E-state index contributed by atoms with van der Waals surface area (Å²) in [6, 6.07) is 6.50. The van der Waals surface area contributed by atoms with E-state index < -0.39 is 10.0 Å². The lowest BCUT2D eigenvalue weighted by Gasteiger charge is -2.54. The molecule has 4 atom stereocenters. The van der Waals surface area contributed by atoms with E-state index in [0.717, 1.165) is 32.4 Å². The highest BCUT2D eigenvalue weighted by atomic mass is 32.2. The minimum atomic E-state index is -3.63. The van der Waals surface area contributed by atoms with Gasteiger partial charge >= 0.3 is 0 Å². The summed E-state index contributed by atoms with van der Waals surface area (Å²) in [5.41, 5.74) is 0. The van der Waals surface area contributed by atoms with Crippen LogP contribution in [0.2, 0.25) is 0 Å². The molecule has 1 aromatic carbocycles. The molecule has 0 spiro atoms. The number of nitrogens with zero attached hydrogens (tertiary/aromatic N) is 1. The van der Waals surface area contributed by atoms with Crippen LogP contribution in [-0.2, 0) is 14.8 Å². The quantitative estimate of drug-likeness (QED) is 0.778. The molecule has 0 unspecified atom stereocenters. The molecular formula is C19H27N3O4S. The maximum atomic E-state index is 12.7. The number of benzene rings is 1. The van der Waals surface area contributed by atoms with Crippen molar-refractivity contribution in [2.75, 3.05) is 26.7 Å². The van der Waals surface area contributed by atoms with Gasteiger partial charge in [0.05, 0.1) is 12.0 Å². The predicted molar refractivity (Wildman–Crippen MR) is 101 cm³/mol. The van der Waals surface area contributed by atoms with Gasteiger partial charge in [-0.1, -0.05) is 0 Å². The highest BCUT2D eigenvalue weighted by Crippen LogP contribution is 2.39. The van der Waals surface area contributed by atoms with Gasteiger partial charge in [0.25, 0.3) is 0 Å². The number of ether oxygens (including phenoxy) is 1. The van der Waals surface area contributed by atoms with E-state index in [2.05, 4.69) is 10.0 Å². The molecule has 3 aliphatic heterocycles. The molecule has 0 aromatic heterocycles. The highest BCUT2D eigenvalue weighted by molar-refractivity contribution is 7.89. The van der Waals surface area contributed by atoms with Crippen molar-refractivity contribution in [3.05, 3.63) is 24.3 Å². The fourth-order valence-corrected chi connectivity index (χ4v) is 5.98. The third-order valence-corrected chi connectivity index (χ3v) is 7.69. The number of hydrogen-bond donors (Lipinski definition) is 2. The van der Waals surface area contributed by atoms with Gasteiger partial charge in [-0.2, -0.15) is 0 Å². The molecule has 148 valence electrons. The van der Waals surface area contributed by atoms with Crippen LogP contribution in [-0.4, -0.2) is 58.1 Å². The fraction of sp³-hybridized carbons (Fsp3) is 0.632. The number of carbonyl (C=O) groups is 1. The largest absolute Gasteiger partial charge is 0.497 e. The minimum absolute atomic E-state index is 0.0835. The summed E-state index contributed by atoms with van der Waals surface area (Å²) in [6.45, 7) is 2.05. The lowest BCUT2D eigenvalue weighted by Crippen LogP contribution is -2.66. The Balaban J connectivity index is 1.52. The lowest BCUT2D eigenvalue weighted by atomic mass is 9.72. The Morgan fingerprint density at radius 3 is 2.70 bits per heavy atom. The van der Waals surface area contributed by atoms with E-state index in [1.54, 1.807) is 19.2 Å². The first kappa shape index (κ1) is 18.7. The monoisotopic (exact) mass is 393 g/mol. The zero-order valence-corrected chi connectivity index (χ0v) is 16.4. The molecule has 1 aromatic rings. The van der Waals surface area contributed by atoms with Crippen LogP contribution >= 0.6 is 0 Å². The molecular weight excluding hydrogens is 366 g/mol.